The molecule has 104 valence electrons. The van der Waals surface area contributed by atoms with E-state index in [2.05, 4.69) is 31.9 Å². The zero-order chi connectivity index (χ0) is 14.5. The number of thioether (sulfide) groups is 1. The van der Waals surface area contributed by atoms with Gasteiger partial charge in [-0.25, -0.2) is 0 Å². The second-order valence-corrected chi connectivity index (χ2v) is 7.11. The molecule has 0 aromatic heterocycles. The van der Waals surface area contributed by atoms with Crippen LogP contribution in [-0.4, -0.2) is 16.8 Å². The van der Waals surface area contributed by atoms with Crippen molar-refractivity contribution in [2.75, 3.05) is 5.75 Å². The molecule has 2 rings (SSSR count). The molecule has 0 aliphatic rings. The van der Waals surface area contributed by atoms with Crippen LogP contribution >= 0.6 is 43.6 Å². The van der Waals surface area contributed by atoms with Crippen LogP contribution in [0.2, 0.25) is 0 Å². The molecular weight excluding hydrogens is 404 g/mol. The second-order valence-electron chi connectivity index (χ2n) is 4.19. The number of hydrogen-bond acceptors (Lipinski definition) is 2. The van der Waals surface area contributed by atoms with E-state index in [4.69, 9.17) is 5.11 Å². The summed E-state index contributed by atoms with van der Waals surface area (Å²) in [5.74, 6) is -0.717. The molecule has 2 nitrogen and oxygen atoms in total. The zero-order valence-corrected chi connectivity index (χ0v) is 14.4. The van der Waals surface area contributed by atoms with Crippen molar-refractivity contribution in [3.05, 3.63) is 68.6 Å². The number of rotatable bonds is 5. The van der Waals surface area contributed by atoms with Crippen LogP contribution in [0.4, 0.5) is 0 Å². The van der Waals surface area contributed by atoms with Crippen LogP contribution in [-0.2, 0) is 4.79 Å². The third-order valence-corrected chi connectivity index (χ3v) is 5.07. The average Bonchev–Trinajstić information content (AvgIpc) is 2.42. The van der Waals surface area contributed by atoms with Crippen molar-refractivity contribution in [3.8, 4) is 0 Å². The molecule has 0 bridgehead atoms. The Morgan fingerprint density at radius 3 is 1.70 bits per heavy atom. The minimum absolute atomic E-state index is 0.0206. The van der Waals surface area contributed by atoms with Crippen LogP contribution in [0, 0.1) is 0 Å². The van der Waals surface area contributed by atoms with Gasteiger partial charge in [0.25, 0.3) is 0 Å². The highest BCUT2D eigenvalue weighted by molar-refractivity contribution is 9.10. The normalized spacial score (nSPS) is 10.8. The third kappa shape index (κ3) is 4.36. The van der Waals surface area contributed by atoms with E-state index < -0.39 is 5.97 Å². The Kier molecular flexibility index (Phi) is 5.69. The summed E-state index contributed by atoms with van der Waals surface area (Å²) in [6, 6.07) is 16.0. The topological polar surface area (TPSA) is 37.3 Å². The fourth-order valence-electron chi connectivity index (χ4n) is 1.81. The number of carboxylic acids is 1. The smallest absolute Gasteiger partial charge is 0.313 e. The van der Waals surface area contributed by atoms with E-state index in [1.54, 1.807) is 0 Å². The number of hydrogen-bond donors (Lipinski definition) is 1. The maximum atomic E-state index is 10.8. The molecule has 0 amide bonds. The highest BCUT2D eigenvalue weighted by Gasteiger charge is 2.16. The van der Waals surface area contributed by atoms with E-state index in [9.17, 15) is 4.79 Å². The number of carbonyl (C=O) groups is 1. The van der Waals surface area contributed by atoms with Crippen LogP contribution in [0.1, 0.15) is 16.4 Å². The molecule has 0 aliphatic heterocycles. The van der Waals surface area contributed by atoms with Gasteiger partial charge < -0.3 is 5.11 Å². The van der Waals surface area contributed by atoms with Gasteiger partial charge in [-0.15, -0.1) is 11.8 Å². The summed E-state index contributed by atoms with van der Waals surface area (Å²) >= 11 is 8.25. The molecule has 0 radical (unpaired) electrons. The molecule has 0 fully saturated rings. The monoisotopic (exact) mass is 414 g/mol. The molecule has 0 unspecified atom stereocenters. The van der Waals surface area contributed by atoms with E-state index in [1.807, 2.05) is 48.5 Å². The molecule has 1 N–H and O–H groups in total. The summed E-state index contributed by atoms with van der Waals surface area (Å²) in [6.07, 6.45) is 0. The van der Waals surface area contributed by atoms with Crippen molar-refractivity contribution >= 4 is 49.6 Å². The lowest BCUT2D eigenvalue weighted by Crippen LogP contribution is -2.04. The molecule has 0 heterocycles. The van der Waals surface area contributed by atoms with E-state index in [1.165, 1.54) is 11.8 Å². The van der Waals surface area contributed by atoms with Crippen LogP contribution in [0.15, 0.2) is 57.5 Å². The first-order valence-corrected chi connectivity index (χ1v) is 8.54. The van der Waals surface area contributed by atoms with Gasteiger partial charge in [0.05, 0.1) is 11.0 Å². The summed E-state index contributed by atoms with van der Waals surface area (Å²) in [6.45, 7) is 0. The van der Waals surface area contributed by atoms with Gasteiger partial charge in [-0.05, 0) is 35.4 Å². The molecule has 20 heavy (non-hydrogen) atoms. The fraction of sp³-hybridized carbons (Fsp3) is 0.133. The predicted octanol–water partition coefficient (Wildman–Crippen LogP) is 5.12. The largest absolute Gasteiger partial charge is 0.481 e. The molecule has 2 aromatic carbocycles. The lowest BCUT2D eigenvalue weighted by atomic mass is 10.0. The first-order valence-electron chi connectivity index (χ1n) is 5.90. The number of carboxylic acid groups (broad SMARTS) is 1. The average molecular weight is 416 g/mol. The fourth-order valence-corrected chi connectivity index (χ4v) is 3.35. The van der Waals surface area contributed by atoms with Gasteiger partial charge in [0.1, 0.15) is 0 Å². The van der Waals surface area contributed by atoms with Crippen molar-refractivity contribution in [2.45, 2.75) is 5.25 Å². The van der Waals surface area contributed by atoms with Crippen molar-refractivity contribution in [2.24, 2.45) is 0 Å². The molecule has 0 spiro atoms. The number of benzene rings is 2. The molecule has 0 aliphatic carbocycles. The quantitative estimate of drug-likeness (QED) is 0.736. The van der Waals surface area contributed by atoms with Gasteiger partial charge in [0, 0.05) is 8.95 Å². The van der Waals surface area contributed by atoms with Gasteiger partial charge in [-0.1, -0.05) is 56.1 Å². The highest BCUT2D eigenvalue weighted by atomic mass is 79.9. The first-order chi connectivity index (χ1) is 9.56. The summed E-state index contributed by atoms with van der Waals surface area (Å²) < 4.78 is 2.03. The van der Waals surface area contributed by atoms with Crippen molar-refractivity contribution < 1.29 is 9.90 Å². The minimum atomic E-state index is -0.797. The Balaban J connectivity index is 2.30. The Bertz CT molecular complexity index is 536. The van der Waals surface area contributed by atoms with Crippen LogP contribution in [0.3, 0.4) is 0 Å². The SMILES string of the molecule is O=C(O)CSC(c1ccc(Br)cc1)c1ccc(Br)cc1. The maximum Gasteiger partial charge on any atom is 0.313 e. The molecular formula is C15H12Br2O2S. The maximum absolute atomic E-state index is 10.8. The third-order valence-electron chi connectivity index (χ3n) is 2.72. The van der Waals surface area contributed by atoms with Crippen LogP contribution in [0.5, 0.6) is 0 Å². The molecule has 0 saturated heterocycles. The van der Waals surface area contributed by atoms with E-state index >= 15 is 0 Å². The van der Waals surface area contributed by atoms with Crippen LogP contribution < -0.4 is 0 Å². The van der Waals surface area contributed by atoms with Crippen molar-refractivity contribution in [1.82, 2.24) is 0 Å². The Hall–Kier alpha value is -0.780. The summed E-state index contributed by atoms with van der Waals surface area (Å²) in [7, 11) is 0. The van der Waals surface area contributed by atoms with Gasteiger partial charge in [0.2, 0.25) is 0 Å². The summed E-state index contributed by atoms with van der Waals surface area (Å²) in [5, 5.41) is 8.93. The van der Waals surface area contributed by atoms with E-state index in [0.717, 1.165) is 20.1 Å². The van der Waals surface area contributed by atoms with Gasteiger partial charge in [0.15, 0.2) is 0 Å². The summed E-state index contributed by atoms with van der Waals surface area (Å²) in [4.78, 5) is 10.8. The highest BCUT2D eigenvalue weighted by Crippen LogP contribution is 2.36. The van der Waals surface area contributed by atoms with Crippen LogP contribution in [0.25, 0.3) is 0 Å². The Morgan fingerprint density at radius 2 is 1.35 bits per heavy atom. The summed E-state index contributed by atoms with van der Waals surface area (Å²) in [5.41, 5.74) is 2.20. The van der Waals surface area contributed by atoms with Crippen molar-refractivity contribution in [3.63, 3.8) is 0 Å². The molecule has 2 aromatic rings. The lowest BCUT2D eigenvalue weighted by molar-refractivity contribution is -0.133. The zero-order valence-electron chi connectivity index (χ0n) is 10.4. The number of aliphatic carboxylic acids is 1. The molecule has 5 heteroatoms. The molecule has 0 saturated carbocycles. The minimum Gasteiger partial charge on any atom is -0.481 e. The van der Waals surface area contributed by atoms with Gasteiger partial charge >= 0.3 is 5.97 Å². The first kappa shape index (κ1) is 15.6. The Labute approximate surface area is 138 Å². The van der Waals surface area contributed by atoms with E-state index in [0.29, 0.717) is 0 Å². The lowest BCUT2D eigenvalue weighted by Gasteiger charge is -2.17. The van der Waals surface area contributed by atoms with Gasteiger partial charge in [-0.2, -0.15) is 0 Å². The molecule has 0 atom stereocenters. The Morgan fingerprint density at radius 1 is 0.950 bits per heavy atom. The second kappa shape index (κ2) is 7.29. The van der Waals surface area contributed by atoms with Crippen molar-refractivity contribution in [1.29, 1.82) is 0 Å². The van der Waals surface area contributed by atoms with E-state index in [-0.39, 0.29) is 11.0 Å². The predicted molar refractivity (Wildman–Crippen MR) is 90.2 cm³/mol. The van der Waals surface area contributed by atoms with Gasteiger partial charge in [-0.3, -0.25) is 4.79 Å². The number of halogens is 2. The standard InChI is InChI=1S/C15H12Br2O2S/c16-12-5-1-10(2-6-12)15(20-9-14(18)19)11-3-7-13(17)8-4-11/h1-8,15H,9H2,(H,18,19).